The molecule has 102 valence electrons. The highest BCUT2D eigenvalue weighted by Crippen LogP contribution is 2.31. The Bertz CT molecular complexity index is 267. The fraction of sp³-hybridized carbons (Fsp3) is 0.929. The quantitative estimate of drug-likeness (QED) is 0.530. The van der Waals surface area contributed by atoms with Gasteiger partial charge in [-0.3, -0.25) is 4.79 Å². The summed E-state index contributed by atoms with van der Waals surface area (Å²) in [6.45, 7) is 13.5. The number of quaternary nitrogens is 1. The lowest BCUT2D eigenvalue weighted by atomic mass is 9.86. The van der Waals surface area contributed by atoms with Gasteiger partial charge in [0.2, 0.25) is 0 Å². The molecular weight excluding hydrogens is 214 g/mol. The van der Waals surface area contributed by atoms with Crippen LogP contribution in [0.15, 0.2) is 0 Å². The van der Waals surface area contributed by atoms with E-state index in [0.717, 1.165) is 17.4 Å². The Balaban J connectivity index is 4.75. The molecule has 0 aliphatic carbocycles. The summed E-state index contributed by atoms with van der Waals surface area (Å²) in [6.07, 6.45) is 1.29. The van der Waals surface area contributed by atoms with Crippen LogP contribution in [0, 0.1) is 0 Å². The number of nitrogens with zero attached hydrogens (tertiary/aromatic N) is 1. The zero-order chi connectivity index (χ0) is 13.9. The summed E-state index contributed by atoms with van der Waals surface area (Å²) in [4.78, 5) is 11.4. The van der Waals surface area contributed by atoms with Gasteiger partial charge in [-0.15, -0.1) is 0 Å². The first-order chi connectivity index (χ1) is 7.47. The minimum absolute atomic E-state index is 0.0757. The normalized spacial score (nSPS) is 13.6. The van der Waals surface area contributed by atoms with Crippen molar-refractivity contribution in [1.29, 1.82) is 0 Å². The molecule has 0 radical (unpaired) electrons. The van der Waals surface area contributed by atoms with Crippen molar-refractivity contribution >= 4 is 5.97 Å². The zero-order valence-corrected chi connectivity index (χ0v) is 12.9. The molecule has 0 spiro atoms. The molecule has 3 heteroatoms. The molecule has 0 heterocycles. The Morgan fingerprint density at radius 1 is 1.12 bits per heavy atom. The molecule has 0 N–H and O–H groups in total. The summed E-state index contributed by atoms with van der Waals surface area (Å²) >= 11 is 0. The average Bonchev–Trinajstić information content (AvgIpc) is 2.14. The van der Waals surface area contributed by atoms with E-state index in [-0.39, 0.29) is 11.5 Å². The molecule has 0 unspecified atom stereocenters. The smallest absolute Gasteiger partial charge is 0.306 e. The van der Waals surface area contributed by atoms with Crippen molar-refractivity contribution in [3.05, 3.63) is 0 Å². The minimum Gasteiger partial charge on any atom is -0.459 e. The summed E-state index contributed by atoms with van der Waals surface area (Å²) < 4.78 is 6.43. The largest absolute Gasteiger partial charge is 0.459 e. The first-order valence-electron chi connectivity index (χ1n) is 6.52. The van der Waals surface area contributed by atoms with Gasteiger partial charge >= 0.3 is 5.97 Å². The second kappa shape index (κ2) is 5.38. The molecule has 0 atom stereocenters. The van der Waals surface area contributed by atoms with Gasteiger partial charge in [-0.1, -0.05) is 6.92 Å². The van der Waals surface area contributed by atoms with E-state index in [9.17, 15) is 4.79 Å². The predicted octanol–water partition coefficient (Wildman–Crippen LogP) is 2.98. The van der Waals surface area contributed by atoms with Gasteiger partial charge < -0.3 is 9.22 Å². The standard InChI is InChI=1S/C14H30NO2/c1-9-12(16)17-14(5,6)11-13(3,4)15(7,8)10-2/h9-11H2,1-8H3/q+1. The van der Waals surface area contributed by atoms with E-state index in [4.69, 9.17) is 4.74 Å². The summed E-state index contributed by atoms with van der Waals surface area (Å²) in [5.41, 5.74) is -0.326. The van der Waals surface area contributed by atoms with Crippen LogP contribution in [0.2, 0.25) is 0 Å². The Labute approximate surface area is 107 Å². The number of ether oxygens (including phenoxy) is 1. The lowest BCUT2D eigenvalue weighted by Gasteiger charge is -2.47. The Morgan fingerprint density at radius 3 is 1.94 bits per heavy atom. The van der Waals surface area contributed by atoms with E-state index in [1.54, 1.807) is 0 Å². The highest BCUT2D eigenvalue weighted by Gasteiger charge is 2.41. The van der Waals surface area contributed by atoms with Gasteiger partial charge in [0.15, 0.2) is 0 Å². The maximum Gasteiger partial charge on any atom is 0.306 e. The molecule has 0 aromatic carbocycles. The molecule has 3 nitrogen and oxygen atoms in total. The van der Waals surface area contributed by atoms with Crippen LogP contribution in [0.3, 0.4) is 0 Å². The van der Waals surface area contributed by atoms with Crippen LogP contribution < -0.4 is 0 Å². The highest BCUT2D eigenvalue weighted by atomic mass is 16.6. The topological polar surface area (TPSA) is 26.3 Å². The predicted molar refractivity (Wildman–Crippen MR) is 71.8 cm³/mol. The monoisotopic (exact) mass is 244 g/mol. The first kappa shape index (κ1) is 16.4. The minimum atomic E-state index is -0.402. The van der Waals surface area contributed by atoms with Crippen molar-refractivity contribution in [3.8, 4) is 0 Å². The molecule has 0 saturated carbocycles. The van der Waals surface area contributed by atoms with E-state index < -0.39 is 5.60 Å². The molecule has 0 aliphatic heterocycles. The Morgan fingerprint density at radius 2 is 1.59 bits per heavy atom. The maximum absolute atomic E-state index is 11.4. The van der Waals surface area contributed by atoms with Crippen molar-refractivity contribution in [2.75, 3.05) is 20.6 Å². The summed E-state index contributed by atoms with van der Waals surface area (Å²) in [7, 11) is 4.44. The number of rotatable bonds is 6. The number of hydrogen-bond acceptors (Lipinski definition) is 2. The van der Waals surface area contributed by atoms with Crippen LogP contribution in [-0.2, 0) is 9.53 Å². The molecule has 0 fully saturated rings. The molecule has 0 aromatic rings. The van der Waals surface area contributed by atoms with E-state index in [2.05, 4.69) is 34.9 Å². The fourth-order valence-corrected chi connectivity index (χ4v) is 2.10. The van der Waals surface area contributed by atoms with Crippen molar-refractivity contribution in [3.63, 3.8) is 0 Å². The third kappa shape index (κ3) is 4.66. The number of esters is 1. The van der Waals surface area contributed by atoms with Gasteiger partial charge in [0.05, 0.1) is 26.2 Å². The van der Waals surface area contributed by atoms with Crippen LogP contribution in [0.25, 0.3) is 0 Å². The third-order valence-electron chi connectivity index (χ3n) is 3.97. The van der Waals surface area contributed by atoms with Crippen LogP contribution >= 0.6 is 0 Å². The van der Waals surface area contributed by atoms with Crippen molar-refractivity contribution in [2.24, 2.45) is 0 Å². The molecule has 0 rings (SSSR count). The Kier molecular flexibility index (Phi) is 5.20. The van der Waals surface area contributed by atoms with Crippen LogP contribution in [-0.4, -0.2) is 42.2 Å². The first-order valence-corrected chi connectivity index (χ1v) is 6.52. The van der Waals surface area contributed by atoms with Gasteiger partial charge in [-0.05, 0) is 34.6 Å². The second-order valence-corrected chi connectivity index (χ2v) is 6.58. The fourth-order valence-electron chi connectivity index (χ4n) is 2.10. The van der Waals surface area contributed by atoms with Crippen molar-refractivity contribution in [1.82, 2.24) is 0 Å². The molecule has 17 heavy (non-hydrogen) atoms. The number of carbonyl (C=O) groups excluding carboxylic acids is 1. The second-order valence-electron chi connectivity index (χ2n) is 6.58. The lowest BCUT2D eigenvalue weighted by Crippen LogP contribution is -2.58. The van der Waals surface area contributed by atoms with Crippen molar-refractivity contribution < 1.29 is 14.0 Å². The van der Waals surface area contributed by atoms with E-state index in [1.807, 2.05) is 20.8 Å². The Hall–Kier alpha value is -0.570. The maximum atomic E-state index is 11.4. The third-order valence-corrected chi connectivity index (χ3v) is 3.97. The molecule has 0 aliphatic rings. The molecule has 0 amide bonds. The molecular formula is C14H30NO2+. The van der Waals surface area contributed by atoms with Gasteiger partial charge in [-0.25, -0.2) is 0 Å². The van der Waals surface area contributed by atoms with Gasteiger partial charge in [0.1, 0.15) is 5.60 Å². The van der Waals surface area contributed by atoms with Gasteiger partial charge in [0.25, 0.3) is 0 Å². The van der Waals surface area contributed by atoms with Gasteiger partial charge in [0, 0.05) is 12.8 Å². The number of hydrogen-bond donors (Lipinski definition) is 0. The van der Waals surface area contributed by atoms with Crippen LogP contribution in [0.1, 0.15) is 54.4 Å². The van der Waals surface area contributed by atoms with E-state index >= 15 is 0 Å². The van der Waals surface area contributed by atoms with E-state index in [0.29, 0.717) is 6.42 Å². The van der Waals surface area contributed by atoms with Crippen molar-refractivity contribution in [2.45, 2.75) is 65.5 Å². The van der Waals surface area contributed by atoms with Crippen LogP contribution in [0.5, 0.6) is 0 Å². The zero-order valence-electron chi connectivity index (χ0n) is 12.9. The van der Waals surface area contributed by atoms with E-state index in [1.165, 1.54) is 0 Å². The lowest BCUT2D eigenvalue weighted by molar-refractivity contribution is -0.937. The molecule has 0 saturated heterocycles. The van der Waals surface area contributed by atoms with Crippen LogP contribution in [0.4, 0.5) is 0 Å². The SMILES string of the molecule is CCC(=O)OC(C)(C)CC(C)(C)[N+](C)(C)CC. The number of carbonyl (C=O) groups is 1. The molecule has 0 aromatic heterocycles. The summed E-state index contributed by atoms with van der Waals surface area (Å²) in [5, 5.41) is 0. The highest BCUT2D eigenvalue weighted by molar-refractivity contribution is 5.69. The van der Waals surface area contributed by atoms with Gasteiger partial charge in [-0.2, -0.15) is 0 Å². The average molecular weight is 244 g/mol. The molecule has 0 bridgehead atoms. The summed E-state index contributed by atoms with van der Waals surface area (Å²) in [5.74, 6) is -0.118. The summed E-state index contributed by atoms with van der Waals surface area (Å²) in [6, 6.07) is 0.